The standard InChI is InChI=1S/C15H24N2O3/c1-3-20-9-8-17-12(10-4-5-10)13(18)16-15(2,14(17)19)11-6-7-11/h10-12H,3-9H2,1-2H3,(H,16,18). The van der Waals surface area contributed by atoms with Crippen molar-refractivity contribution in [3.8, 4) is 0 Å². The number of ether oxygens (including phenoxy) is 1. The Morgan fingerprint density at radius 3 is 2.55 bits per heavy atom. The molecular weight excluding hydrogens is 256 g/mol. The lowest BCUT2D eigenvalue weighted by Crippen LogP contribution is -2.71. The number of nitrogens with one attached hydrogen (secondary N) is 1. The lowest BCUT2D eigenvalue weighted by atomic mass is 9.88. The number of carbonyl (C=O) groups is 2. The quantitative estimate of drug-likeness (QED) is 0.736. The van der Waals surface area contributed by atoms with Crippen LogP contribution in [0.1, 0.15) is 39.5 Å². The zero-order valence-electron chi connectivity index (χ0n) is 12.4. The Morgan fingerprint density at radius 1 is 1.30 bits per heavy atom. The van der Waals surface area contributed by atoms with E-state index >= 15 is 0 Å². The minimum Gasteiger partial charge on any atom is -0.380 e. The number of hydrogen-bond acceptors (Lipinski definition) is 3. The molecule has 0 aromatic heterocycles. The molecule has 2 amide bonds. The van der Waals surface area contributed by atoms with E-state index in [1.165, 1.54) is 0 Å². The minimum atomic E-state index is -0.686. The van der Waals surface area contributed by atoms with Crippen LogP contribution in [0.5, 0.6) is 0 Å². The van der Waals surface area contributed by atoms with Gasteiger partial charge in [0.15, 0.2) is 0 Å². The summed E-state index contributed by atoms with van der Waals surface area (Å²) in [4.78, 5) is 27.1. The smallest absolute Gasteiger partial charge is 0.249 e. The zero-order chi connectivity index (χ0) is 14.3. The normalized spacial score (nSPS) is 34.3. The summed E-state index contributed by atoms with van der Waals surface area (Å²) in [7, 11) is 0. The monoisotopic (exact) mass is 280 g/mol. The van der Waals surface area contributed by atoms with Crippen molar-refractivity contribution in [2.75, 3.05) is 19.8 Å². The summed E-state index contributed by atoms with van der Waals surface area (Å²) >= 11 is 0. The summed E-state index contributed by atoms with van der Waals surface area (Å²) < 4.78 is 5.39. The van der Waals surface area contributed by atoms with Crippen molar-refractivity contribution >= 4 is 11.8 Å². The van der Waals surface area contributed by atoms with E-state index in [4.69, 9.17) is 4.74 Å². The fourth-order valence-electron chi connectivity index (χ4n) is 3.32. The topological polar surface area (TPSA) is 58.6 Å². The van der Waals surface area contributed by atoms with Gasteiger partial charge in [-0.3, -0.25) is 9.59 Å². The summed E-state index contributed by atoms with van der Waals surface area (Å²) in [5, 5.41) is 3.03. The fourth-order valence-corrected chi connectivity index (χ4v) is 3.32. The molecule has 0 bridgehead atoms. The molecule has 0 aromatic rings. The molecule has 1 saturated heterocycles. The van der Waals surface area contributed by atoms with Crippen molar-refractivity contribution in [1.82, 2.24) is 10.2 Å². The number of rotatable bonds is 6. The summed E-state index contributed by atoms with van der Waals surface area (Å²) in [5.74, 6) is 0.798. The number of hydrogen-bond donors (Lipinski definition) is 1. The van der Waals surface area contributed by atoms with Crippen molar-refractivity contribution in [2.24, 2.45) is 11.8 Å². The highest BCUT2D eigenvalue weighted by Gasteiger charge is 2.57. The molecule has 0 spiro atoms. The molecule has 3 aliphatic rings. The van der Waals surface area contributed by atoms with E-state index in [1.54, 1.807) is 4.90 Å². The predicted molar refractivity (Wildman–Crippen MR) is 74.0 cm³/mol. The van der Waals surface area contributed by atoms with Crippen LogP contribution in [-0.4, -0.2) is 48.1 Å². The SMILES string of the molecule is CCOCCN1C(=O)C(C)(C2CC2)NC(=O)C1C1CC1. The second-order valence-corrected chi connectivity index (χ2v) is 6.44. The molecule has 2 unspecified atom stereocenters. The van der Waals surface area contributed by atoms with Gasteiger partial charge >= 0.3 is 0 Å². The summed E-state index contributed by atoms with van der Waals surface area (Å²) in [6.45, 7) is 5.52. The zero-order valence-corrected chi connectivity index (χ0v) is 12.4. The Labute approximate surface area is 120 Å². The number of piperazine rings is 1. The van der Waals surface area contributed by atoms with Crippen LogP contribution in [0.3, 0.4) is 0 Å². The van der Waals surface area contributed by atoms with Crippen molar-refractivity contribution in [3.63, 3.8) is 0 Å². The van der Waals surface area contributed by atoms with Gasteiger partial charge in [-0.1, -0.05) is 0 Å². The van der Waals surface area contributed by atoms with E-state index in [2.05, 4.69) is 5.32 Å². The molecule has 1 aliphatic heterocycles. The molecule has 3 fully saturated rings. The van der Waals surface area contributed by atoms with Crippen molar-refractivity contribution in [1.29, 1.82) is 0 Å². The maximum Gasteiger partial charge on any atom is 0.249 e. The highest BCUT2D eigenvalue weighted by molar-refractivity contribution is 6.00. The Balaban J connectivity index is 1.78. The van der Waals surface area contributed by atoms with Gasteiger partial charge in [-0.15, -0.1) is 0 Å². The first-order valence-electron chi connectivity index (χ1n) is 7.78. The Kier molecular flexibility index (Phi) is 3.48. The highest BCUT2D eigenvalue weighted by Crippen LogP contribution is 2.45. The molecule has 2 aliphatic carbocycles. The molecule has 2 saturated carbocycles. The van der Waals surface area contributed by atoms with Gasteiger partial charge in [-0.2, -0.15) is 0 Å². The fraction of sp³-hybridized carbons (Fsp3) is 0.867. The van der Waals surface area contributed by atoms with Gasteiger partial charge in [0.1, 0.15) is 11.6 Å². The Hall–Kier alpha value is -1.10. The van der Waals surface area contributed by atoms with E-state index in [1.807, 2.05) is 13.8 Å². The van der Waals surface area contributed by atoms with E-state index in [9.17, 15) is 9.59 Å². The maximum absolute atomic E-state index is 12.9. The van der Waals surface area contributed by atoms with Crippen LogP contribution in [0.15, 0.2) is 0 Å². The molecule has 5 nitrogen and oxygen atoms in total. The lowest BCUT2D eigenvalue weighted by Gasteiger charge is -2.45. The summed E-state index contributed by atoms with van der Waals surface area (Å²) in [5.41, 5.74) is -0.686. The third kappa shape index (κ3) is 2.32. The Bertz CT molecular complexity index is 417. The third-order valence-corrected chi connectivity index (χ3v) is 4.84. The average Bonchev–Trinajstić information content (AvgIpc) is 3.28. The molecule has 1 heterocycles. The maximum atomic E-state index is 12.9. The molecule has 1 N–H and O–H groups in total. The first kappa shape index (κ1) is 13.9. The lowest BCUT2D eigenvalue weighted by molar-refractivity contribution is -0.157. The van der Waals surface area contributed by atoms with Crippen molar-refractivity contribution in [2.45, 2.75) is 51.1 Å². The van der Waals surface area contributed by atoms with Crippen LogP contribution in [0.2, 0.25) is 0 Å². The molecule has 0 aromatic carbocycles. The highest BCUT2D eigenvalue weighted by atomic mass is 16.5. The van der Waals surface area contributed by atoms with Crippen LogP contribution in [0.25, 0.3) is 0 Å². The van der Waals surface area contributed by atoms with E-state index in [0.29, 0.717) is 31.6 Å². The van der Waals surface area contributed by atoms with Gasteiger partial charge in [0.25, 0.3) is 0 Å². The van der Waals surface area contributed by atoms with E-state index in [-0.39, 0.29) is 17.9 Å². The van der Waals surface area contributed by atoms with Crippen LogP contribution in [-0.2, 0) is 14.3 Å². The number of amides is 2. The molecule has 0 radical (unpaired) electrons. The molecule has 3 rings (SSSR count). The third-order valence-electron chi connectivity index (χ3n) is 4.84. The van der Waals surface area contributed by atoms with Crippen LogP contribution in [0.4, 0.5) is 0 Å². The largest absolute Gasteiger partial charge is 0.380 e. The van der Waals surface area contributed by atoms with Gasteiger partial charge in [0.2, 0.25) is 11.8 Å². The molecule has 20 heavy (non-hydrogen) atoms. The van der Waals surface area contributed by atoms with E-state index in [0.717, 1.165) is 25.7 Å². The molecule has 112 valence electrons. The Morgan fingerprint density at radius 2 is 2.00 bits per heavy atom. The second-order valence-electron chi connectivity index (χ2n) is 6.44. The van der Waals surface area contributed by atoms with Crippen LogP contribution < -0.4 is 5.32 Å². The second kappa shape index (κ2) is 5.02. The van der Waals surface area contributed by atoms with Gasteiger partial charge in [-0.25, -0.2) is 0 Å². The van der Waals surface area contributed by atoms with Crippen LogP contribution >= 0.6 is 0 Å². The van der Waals surface area contributed by atoms with Crippen molar-refractivity contribution in [3.05, 3.63) is 0 Å². The minimum absolute atomic E-state index is 0.0398. The molecular formula is C15H24N2O3. The van der Waals surface area contributed by atoms with Gasteiger partial charge < -0.3 is 15.0 Å². The van der Waals surface area contributed by atoms with Gasteiger partial charge in [0.05, 0.1) is 6.61 Å². The van der Waals surface area contributed by atoms with E-state index < -0.39 is 5.54 Å². The number of nitrogens with zero attached hydrogens (tertiary/aromatic N) is 1. The number of carbonyl (C=O) groups excluding carboxylic acids is 2. The molecule has 5 heteroatoms. The first-order chi connectivity index (χ1) is 9.58. The van der Waals surface area contributed by atoms with Crippen LogP contribution in [0, 0.1) is 11.8 Å². The van der Waals surface area contributed by atoms with Gasteiger partial charge in [0, 0.05) is 13.2 Å². The van der Waals surface area contributed by atoms with Gasteiger partial charge in [-0.05, 0) is 51.4 Å². The summed E-state index contributed by atoms with van der Waals surface area (Å²) in [6.07, 6.45) is 4.18. The molecule has 2 atom stereocenters. The first-order valence-corrected chi connectivity index (χ1v) is 7.78. The van der Waals surface area contributed by atoms with Crippen molar-refractivity contribution < 1.29 is 14.3 Å². The predicted octanol–water partition coefficient (Wildman–Crippen LogP) is 0.929. The average molecular weight is 280 g/mol. The summed E-state index contributed by atoms with van der Waals surface area (Å²) in [6, 6.07) is -0.269.